The molecule has 8 nitrogen and oxygen atoms in total. The number of hydrogen-bond acceptors (Lipinski definition) is 8. The number of anilines is 1. The zero-order chi connectivity index (χ0) is 30.7. The van der Waals surface area contributed by atoms with E-state index in [2.05, 4.69) is 13.8 Å². The maximum Gasteiger partial charge on any atom is 0.301 e. The topological polar surface area (TPSA) is 98.2 Å². The molecule has 1 aliphatic heterocycles. The van der Waals surface area contributed by atoms with E-state index in [9.17, 15) is 14.7 Å². The van der Waals surface area contributed by atoms with Crippen molar-refractivity contribution < 1.29 is 28.9 Å². The van der Waals surface area contributed by atoms with E-state index >= 15 is 0 Å². The Hall–Kier alpha value is -4.08. The minimum atomic E-state index is -0.980. The number of halogens is 1. The summed E-state index contributed by atoms with van der Waals surface area (Å²) >= 11 is 7.34. The van der Waals surface area contributed by atoms with Crippen molar-refractivity contribution >= 4 is 55.7 Å². The monoisotopic (exact) mass is 620 g/mol. The molecule has 0 radical (unpaired) electrons. The van der Waals surface area contributed by atoms with Crippen LogP contribution < -0.4 is 19.1 Å². The maximum atomic E-state index is 13.7. The number of carbonyl (C=O) groups excluding carboxylic acids is 2. The fourth-order valence-electron chi connectivity index (χ4n) is 4.85. The molecule has 1 N–H and O–H groups in total. The number of ether oxygens (including phenoxy) is 3. The van der Waals surface area contributed by atoms with Gasteiger partial charge >= 0.3 is 5.91 Å². The standard InChI is InChI=1S/C33H33ClN2O6S/c1-5-40-23-12-13-24-27(18-23)43-33(35-24)36-29(21-9-14-25(26(17-21)41-6-2)42-16-15-19(3)4)28(31(38)32(36)39)30(37)20-7-10-22(34)11-8-20/h7-14,17-19,29,37H,5-6,15-16H2,1-4H3/b30-28+. The molecule has 4 aromatic rings. The van der Waals surface area contributed by atoms with E-state index in [1.807, 2.05) is 32.0 Å². The first kappa shape index (κ1) is 30.4. The molecular formula is C33H33ClN2O6S. The zero-order valence-corrected chi connectivity index (χ0v) is 26.0. The lowest BCUT2D eigenvalue weighted by atomic mass is 9.95. The van der Waals surface area contributed by atoms with Gasteiger partial charge in [-0.25, -0.2) is 4.98 Å². The second-order valence-electron chi connectivity index (χ2n) is 10.4. The summed E-state index contributed by atoms with van der Waals surface area (Å²) in [7, 11) is 0. The molecule has 1 atom stereocenters. The quantitative estimate of drug-likeness (QED) is 0.104. The van der Waals surface area contributed by atoms with Gasteiger partial charge in [0.25, 0.3) is 5.78 Å². The number of ketones is 1. The largest absolute Gasteiger partial charge is 0.507 e. The fraction of sp³-hybridized carbons (Fsp3) is 0.303. The van der Waals surface area contributed by atoms with Crippen molar-refractivity contribution in [2.24, 2.45) is 5.92 Å². The summed E-state index contributed by atoms with van der Waals surface area (Å²) in [6, 6.07) is 16.3. The van der Waals surface area contributed by atoms with Crippen molar-refractivity contribution in [3.05, 3.63) is 82.4 Å². The molecule has 224 valence electrons. The summed E-state index contributed by atoms with van der Waals surface area (Å²) < 4.78 is 18.4. The van der Waals surface area contributed by atoms with Crippen LogP contribution in [0.3, 0.4) is 0 Å². The summed E-state index contributed by atoms with van der Waals surface area (Å²) in [5, 5.41) is 12.3. The Morgan fingerprint density at radius 1 is 0.977 bits per heavy atom. The van der Waals surface area contributed by atoms with Gasteiger partial charge in [0.15, 0.2) is 16.6 Å². The lowest BCUT2D eigenvalue weighted by Crippen LogP contribution is -2.29. The number of benzene rings is 3. The molecule has 1 saturated heterocycles. The normalized spacial score (nSPS) is 16.3. The van der Waals surface area contributed by atoms with E-state index < -0.39 is 17.7 Å². The molecule has 10 heteroatoms. The molecule has 0 spiro atoms. The first-order valence-corrected chi connectivity index (χ1v) is 15.4. The van der Waals surface area contributed by atoms with Gasteiger partial charge < -0.3 is 19.3 Å². The van der Waals surface area contributed by atoms with Crippen LogP contribution in [0.4, 0.5) is 5.13 Å². The lowest BCUT2D eigenvalue weighted by molar-refractivity contribution is -0.132. The van der Waals surface area contributed by atoms with Gasteiger partial charge in [0.2, 0.25) is 0 Å². The third-order valence-corrected chi connectivity index (χ3v) is 8.23. The number of aliphatic hydroxyl groups excluding tert-OH is 1. The number of thiazole rings is 1. The molecule has 1 amide bonds. The molecule has 1 unspecified atom stereocenters. The molecule has 1 aromatic heterocycles. The highest BCUT2D eigenvalue weighted by Gasteiger charge is 2.48. The number of hydrogen-bond donors (Lipinski definition) is 1. The second-order valence-corrected chi connectivity index (χ2v) is 11.9. The van der Waals surface area contributed by atoms with Crippen LogP contribution in [-0.2, 0) is 9.59 Å². The van der Waals surface area contributed by atoms with E-state index in [4.69, 9.17) is 30.8 Å². The third-order valence-electron chi connectivity index (χ3n) is 6.96. The van der Waals surface area contributed by atoms with E-state index in [0.717, 1.165) is 11.1 Å². The van der Waals surface area contributed by atoms with Crippen LogP contribution in [0.15, 0.2) is 66.2 Å². The predicted molar refractivity (Wildman–Crippen MR) is 170 cm³/mol. The minimum Gasteiger partial charge on any atom is -0.507 e. The summed E-state index contributed by atoms with van der Waals surface area (Å²) in [4.78, 5) is 33.4. The number of amides is 1. The van der Waals surface area contributed by atoms with E-state index in [1.54, 1.807) is 42.5 Å². The lowest BCUT2D eigenvalue weighted by Gasteiger charge is -2.24. The smallest absolute Gasteiger partial charge is 0.301 e. The van der Waals surface area contributed by atoms with E-state index in [0.29, 0.717) is 69.8 Å². The van der Waals surface area contributed by atoms with Crippen LogP contribution in [0.2, 0.25) is 5.02 Å². The van der Waals surface area contributed by atoms with Crippen molar-refractivity contribution in [2.45, 2.75) is 40.2 Å². The number of aliphatic hydroxyl groups is 1. The van der Waals surface area contributed by atoms with Crippen LogP contribution in [0.5, 0.6) is 17.2 Å². The highest BCUT2D eigenvalue weighted by Crippen LogP contribution is 2.46. The van der Waals surface area contributed by atoms with Crippen molar-refractivity contribution in [1.29, 1.82) is 0 Å². The number of Topliss-reactive ketones (excluding diaryl/α,β-unsaturated/α-hetero) is 1. The van der Waals surface area contributed by atoms with Crippen molar-refractivity contribution in [2.75, 3.05) is 24.7 Å². The summed E-state index contributed by atoms with van der Waals surface area (Å²) in [5.74, 6) is 0.275. The van der Waals surface area contributed by atoms with Crippen LogP contribution >= 0.6 is 22.9 Å². The minimum absolute atomic E-state index is 0.0579. The Morgan fingerprint density at radius 3 is 2.42 bits per heavy atom. The van der Waals surface area contributed by atoms with E-state index in [1.165, 1.54) is 16.2 Å². The van der Waals surface area contributed by atoms with Crippen molar-refractivity contribution in [3.63, 3.8) is 0 Å². The van der Waals surface area contributed by atoms with Gasteiger partial charge in [-0.3, -0.25) is 14.5 Å². The van der Waals surface area contributed by atoms with Crippen LogP contribution in [0.25, 0.3) is 16.0 Å². The first-order valence-electron chi connectivity index (χ1n) is 14.2. The number of aromatic nitrogens is 1. The molecule has 1 aliphatic rings. The molecule has 0 aliphatic carbocycles. The number of rotatable bonds is 11. The highest BCUT2D eigenvalue weighted by molar-refractivity contribution is 7.22. The molecule has 3 aromatic carbocycles. The molecular weight excluding hydrogens is 588 g/mol. The zero-order valence-electron chi connectivity index (χ0n) is 24.4. The van der Waals surface area contributed by atoms with Crippen molar-refractivity contribution in [3.8, 4) is 17.2 Å². The molecule has 5 rings (SSSR count). The van der Waals surface area contributed by atoms with Gasteiger partial charge in [0.1, 0.15) is 11.5 Å². The first-order chi connectivity index (χ1) is 20.7. The van der Waals surface area contributed by atoms with Crippen LogP contribution in [0, 0.1) is 5.92 Å². The Labute approximate surface area is 259 Å². The van der Waals surface area contributed by atoms with Crippen LogP contribution in [0.1, 0.15) is 51.3 Å². The van der Waals surface area contributed by atoms with Gasteiger partial charge in [-0.05, 0) is 86.3 Å². The molecule has 0 bridgehead atoms. The maximum absolute atomic E-state index is 13.7. The van der Waals surface area contributed by atoms with Gasteiger partial charge in [0.05, 0.1) is 41.7 Å². The summed E-state index contributed by atoms with van der Waals surface area (Å²) in [5.41, 5.74) is 1.52. The average molecular weight is 621 g/mol. The SMILES string of the molecule is CCOc1ccc2nc(N3C(=O)C(=O)/C(=C(/O)c4ccc(Cl)cc4)C3c3ccc(OCCC(C)C)c(OCC)c3)sc2c1. The van der Waals surface area contributed by atoms with E-state index in [-0.39, 0.29) is 11.3 Å². The van der Waals surface area contributed by atoms with Crippen molar-refractivity contribution in [1.82, 2.24) is 4.98 Å². The van der Waals surface area contributed by atoms with Gasteiger partial charge in [-0.15, -0.1) is 0 Å². The Morgan fingerprint density at radius 2 is 1.72 bits per heavy atom. The third kappa shape index (κ3) is 6.33. The summed E-state index contributed by atoms with van der Waals surface area (Å²) in [6.45, 7) is 9.43. The van der Waals surface area contributed by atoms with Gasteiger partial charge in [-0.2, -0.15) is 0 Å². The Kier molecular flexibility index (Phi) is 9.22. The Balaban J connectivity index is 1.66. The molecule has 2 heterocycles. The van der Waals surface area contributed by atoms with Gasteiger partial charge in [0, 0.05) is 10.6 Å². The number of fused-ring (bicyclic) bond motifs is 1. The fourth-order valence-corrected chi connectivity index (χ4v) is 5.99. The second kappa shape index (κ2) is 13.1. The number of nitrogens with zero attached hydrogens (tertiary/aromatic N) is 2. The molecule has 1 fully saturated rings. The van der Waals surface area contributed by atoms with Crippen LogP contribution in [-0.4, -0.2) is 41.6 Å². The predicted octanol–water partition coefficient (Wildman–Crippen LogP) is 7.80. The highest BCUT2D eigenvalue weighted by atomic mass is 35.5. The van der Waals surface area contributed by atoms with Gasteiger partial charge in [-0.1, -0.05) is 42.9 Å². The molecule has 0 saturated carbocycles. The summed E-state index contributed by atoms with van der Waals surface area (Å²) in [6.07, 6.45) is 0.872. The molecule has 43 heavy (non-hydrogen) atoms. The number of carbonyl (C=O) groups is 2. The Bertz CT molecular complexity index is 1680. The average Bonchev–Trinajstić information content (AvgIpc) is 3.51.